The molecule has 9 heteroatoms. The van der Waals surface area contributed by atoms with E-state index in [2.05, 4.69) is 5.10 Å². The maximum absolute atomic E-state index is 13.8. The Morgan fingerprint density at radius 2 is 1.94 bits per heavy atom. The molecular formula is C26H26N4O4S. The van der Waals surface area contributed by atoms with Crippen LogP contribution in [0.5, 0.6) is 11.5 Å². The summed E-state index contributed by atoms with van der Waals surface area (Å²) in [7, 11) is 1.58. The number of aryl methyl sites for hydroxylation is 2. The number of hydrogen-bond acceptors (Lipinski definition) is 7. The van der Waals surface area contributed by atoms with Crippen molar-refractivity contribution in [2.24, 2.45) is 0 Å². The number of carbonyl (C=O) groups is 1. The molecule has 0 radical (unpaired) electrons. The first kappa shape index (κ1) is 22.9. The fourth-order valence-electron chi connectivity index (χ4n) is 4.11. The van der Waals surface area contributed by atoms with Crippen LogP contribution in [-0.2, 0) is 6.54 Å². The number of rotatable bonds is 8. The minimum atomic E-state index is -0.276. The van der Waals surface area contributed by atoms with Gasteiger partial charge in [0.25, 0.3) is 5.91 Å². The van der Waals surface area contributed by atoms with Crippen LogP contribution in [0.3, 0.4) is 0 Å². The monoisotopic (exact) mass is 490 g/mol. The number of aromatic nitrogens is 3. The summed E-state index contributed by atoms with van der Waals surface area (Å²) in [6.07, 6.45) is 0. The number of fused-ring (bicyclic) bond motifs is 2. The summed E-state index contributed by atoms with van der Waals surface area (Å²) in [4.78, 5) is 20.3. The highest BCUT2D eigenvalue weighted by atomic mass is 32.1. The first-order valence-electron chi connectivity index (χ1n) is 11.4. The van der Waals surface area contributed by atoms with Crippen molar-refractivity contribution in [2.75, 3.05) is 25.2 Å². The molecule has 1 amide bonds. The predicted molar refractivity (Wildman–Crippen MR) is 137 cm³/mol. The molecule has 3 heterocycles. The van der Waals surface area contributed by atoms with Crippen molar-refractivity contribution in [1.82, 2.24) is 14.8 Å². The van der Waals surface area contributed by atoms with Crippen molar-refractivity contribution >= 4 is 43.6 Å². The molecule has 3 aromatic heterocycles. The van der Waals surface area contributed by atoms with Crippen LogP contribution in [0.25, 0.3) is 21.2 Å². The number of carbonyl (C=O) groups excluding carboxylic acids is 1. The minimum absolute atomic E-state index is 0.224. The summed E-state index contributed by atoms with van der Waals surface area (Å²) < 4.78 is 20.0. The zero-order valence-corrected chi connectivity index (χ0v) is 20.9. The lowest BCUT2D eigenvalue weighted by atomic mass is 10.2. The zero-order valence-electron chi connectivity index (χ0n) is 20.1. The standard InChI is InChI=1S/C26H26N4O4S/c1-5-33-19-9-7-11-22-23(19)27-26(35-22)29(12-13-30-17(3)14-16(2)28-30)25(31)21-15-18-8-6-10-20(32-4)24(18)34-21/h6-11,14-15H,5,12-13H2,1-4H3. The average molecular weight is 491 g/mol. The Morgan fingerprint density at radius 3 is 2.69 bits per heavy atom. The highest BCUT2D eigenvalue weighted by molar-refractivity contribution is 7.22. The number of ether oxygens (including phenoxy) is 2. The van der Waals surface area contributed by atoms with E-state index < -0.39 is 0 Å². The summed E-state index contributed by atoms with van der Waals surface area (Å²) in [6, 6.07) is 15.1. The minimum Gasteiger partial charge on any atom is -0.493 e. The molecule has 0 aliphatic heterocycles. The van der Waals surface area contributed by atoms with E-state index in [1.165, 1.54) is 11.3 Å². The summed E-state index contributed by atoms with van der Waals surface area (Å²) in [5.41, 5.74) is 3.25. The highest BCUT2D eigenvalue weighted by Gasteiger charge is 2.26. The second-order valence-electron chi connectivity index (χ2n) is 8.13. The molecule has 0 aliphatic carbocycles. The first-order chi connectivity index (χ1) is 17.0. The van der Waals surface area contributed by atoms with E-state index >= 15 is 0 Å². The molecule has 0 saturated carbocycles. The first-order valence-corrected chi connectivity index (χ1v) is 12.2. The van der Waals surface area contributed by atoms with Crippen LogP contribution in [0.15, 0.2) is 52.9 Å². The Balaban J connectivity index is 1.55. The third kappa shape index (κ3) is 4.35. The van der Waals surface area contributed by atoms with Crippen molar-refractivity contribution < 1.29 is 18.7 Å². The number of methoxy groups -OCH3 is 1. The molecule has 0 aliphatic rings. The summed E-state index contributed by atoms with van der Waals surface area (Å²) in [5, 5.41) is 5.92. The van der Waals surface area contributed by atoms with E-state index in [9.17, 15) is 4.79 Å². The quantitative estimate of drug-likeness (QED) is 0.281. The number of furan rings is 1. The van der Waals surface area contributed by atoms with Crippen molar-refractivity contribution in [2.45, 2.75) is 27.3 Å². The Kier molecular flexibility index (Phi) is 6.17. The van der Waals surface area contributed by atoms with Gasteiger partial charge in [-0.1, -0.05) is 29.5 Å². The lowest BCUT2D eigenvalue weighted by Crippen LogP contribution is -2.34. The predicted octanol–water partition coefficient (Wildman–Crippen LogP) is 5.61. The van der Waals surface area contributed by atoms with E-state index in [-0.39, 0.29) is 11.7 Å². The number of thiazole rings is 1. The number of hydrogen-bond donors (Lipinski definition) is 0. The van der Waals surface area contributed by atoms with Gasteiger partial charge in [0.1, 0.15) is 11.3 Å². The molecule has 0 unspecified atom stereocenters. The second kappa shape index (κ2) is 9.42. The van der Waals surface area contributed by atoms with Gasteiger partial charge < -0.3 is 13.9 Å². The number of para-hydroxylation sites is 2. The molecule has 5 rings (SSSR count). The zero-order chi connectivity index (χ0) is 24.5. The fraction of sp³-hybridized carbons (Fsp3) is 0.269. The van der Waals surface area contributed by atoms with Crippen LogP contribution < -0.4 is 14.4 Å². The molecule has 2 aromatic carbocycles. The Bertz CT molecular complexity index is 1520. The second-order valence-corrected chi connectivity index (χ2v) is 9.14. The van der Waals surface area contributed by atoms with Crippen LogP contribution in [0, 0.1) is 13.8 Å². The maximum Gasteiger partial charge on any atom is 0.295 e. The van der Waals surface area contributed by atoms with Crippen molar-refractivity contribution in [3.8, 4) is 11.5 Å². The largest absolute Gasteiger partial charge is 0.493 e. The van der Waals surface area contributed by atoms with Crippen LogP contribution in [0.4, 0.5) is 5.13 Å². The highest BCUT2D eigenvalue weighted by Crippen LogP contribution is 2.36. The van der Waals surface area contributed by atoms with Gasteiger partial charge in [0, 0.05) is 17.6 Å². The topological polar surface area (TPSA) is 82.6 Å². The lowest BCUT2D eigenvalue weighted by Gasteiger charge is -2.19. The molecule has 0 saturated heterocycles. The van der Waals surface area contributed by atoms with Crippen molar-refractivity contribution in [3.05, 3.63) is 65.7 Å². The van der Waals surface area contributed by atoms with E-state index in [4.69, 9.17) is 18.9 Å². The number of amides is 1. The third-order valence-corrected chi connectivity index (χ3v) is 6.77. The molecule has 0 fully saturated rings. The number of nitrogens with zero attached hydrogens (tertiary/aromatic N) is 4. The smallest absolute Gasteiger partial charge is 0.295 e. The molecule has 180 valence electrons. The summed E-state index contributed by atoms with van der Waals surface area (Å²) in [5.74, 6) is 1.23. The normalized spacial score (nSPS) is 11.3. The van der Waals surface area contributed by atoms with E-state index in [0.29, 0.717) is 41.9 Å². The molecule has 0 N–H and O–H groups in total. The van der Waals surface area contributed by atoms with Gasteiger partial charge >= 0.3 is 0 Å². The van der Waals surface area contributed by atoms with E-state index in [0.717, 1.165) is 27.0 Å². The summed E-state index contributed by atoms with van der Waals surface area (Å²) in [6.45, 7) is 7.32. The van der Waals surface area contributed by atoms with Crippen LogP contribution >= 0.6 is 11.3 Å². The van der Waals surface area contributed by atoms with Crippen LogP contribution in [0.2, 0.25) is 0 Å². The van der Waals surface area contributed by atoms with Gasteiger partial charge in [0.05, 0.1) is 30.7 Å². The summed E-state index contributed by atoms with van der Waals surface area (Å²) >= 11 is 1.45. The average Bonchev–Trinajstić information content (AvgIpc) is 3.55. The van der Waals surface area contributed by atoms with Gasteiger partial charge in [-0.3, -0.25) is 14.4 Å². The maximum atomic E-state index is 13.8. The number of benzene rings is 2. The van der Waals surface area contributed by atoms with Crippen LogP contribution in [-0.4, -0.2) is 40.9 Å². The van der Waals surface area contributed by atoms with Gasteiger partial charge in [-0.15, -0.1) is 0 Å². The van der Waals surface area contributed by atoms with Gasteiger partial charge in [0.2, 0.25) is 0 Å². The Hall–Kier alpha value is -3.85. The molecule has 0 bridgehead atoms. The molecular weight excluding hydrogens is 464 g/mol. The van der Waals surface area contributed by atoms with Crippen molar-refractivity contribution in [3.63, 3.8) is 0 Å². The number of anilines is 1. The molecule has 0 atom stereocenters. The third-order valence-electron chi connectivity index (χ3n) is 5.72. The Labute approximate surface area is 206 Å². The van der Waals surface area contributed by atoms with Crippen molar-refractivity contribution in [1.29, 1.82) is 0 Å². The van der Waals surface area contributed by atoms with E-state index in [1.807, 2.05) is 67.9 Å². The molecule has 35 heavy (non-hydrogen) atoms. The van der Waals surface area contributed by atoms with Gasteiger partial charge in [-0.2, -0.15) is 5.10 Å². The Morgan fingerprint density at radius 1 is 1.14 bits per heavy atom. The van der Waals surface area contributed by atoms with Gasteiger partial charge in [-0.05, 0) is 51.1 Å². The fourth-order valence-corrected chi connectivity index (χ4v) is 5.12. The van der Waals surface area contributed by atoms with Crippen LogP contribution in [0.1, 0.15) is 28.9 Å². The molecule has 8 nitrogen and oxygen atoms in total. The molecule has 5 aromatic rings. The van der Waals surface area contributed by atoms with Gasteiger partial charge in [0.15, 0.2) is 22.2 Å². The lowest BCUT2D eigenvalue weighted by molar-refractivity contribution is 0.0961. The SMILES string of the molecule is CCOc1cccc2sc(N(CCn3nc(C)cc3C)C(=O)c3cc4cccc(OC)c4o3)nc12. The molecule has 0 spiro atoms. The van der Waals surface area contributed by atoms with Gasteiger partial charge in [-0.25, -0.2) is 4.98 Å². The van der Waals surface area contributed by atoms with E-state index in [1.54, 1.807) is 18.1 Å².